The van der Waals surface area contributed by atoms with Gasteiger partial charge in [-0.15, -0.1) is 0 Å². The first-order chi connectivity index (χ1) is 13.6. The fourth-order valence-corrected chi connectivity index (χ4v) is 3.26. The van der Waals surface area contributed by atoms with Gasteiger partial charge in [0.2, 0.25) is 23.5 Å². The SMILES string of the molecule is CNC(=O)CC1COCCN1C(=O)CCCc1nc(-c2cccc(C)c2)no1. The summed E-state index contributed by atoms with van der Waals surface area (Å²) >= 11 is 0. The molecule has 1 aromatic heterocycles. The molecule has 8 heteroatoms. The summed E-state index contributed by atoms with van der Waals surface area (Å²) in [7, 11) is 1.59. The van der Waals surface area contributed by atoms with Crippen molar-refractivity contribution in [3.63, 3.8) is 0 Å². The number of ether oxygens (including phenoxy) is 1. The molecule has 0 bridgehead atoms. The molecule has 3 rings (SSSR count). The lowest BCUT2D eigenvalue weighted by Gasteiger charge is -2.35. The minimum absolute atomic E-state index is 0.0237. The van der Waals surface area contributed by atoms with Crippen molar-refractivity contribution in [2.75, 3.05) is 26.8 Å². The van der Waals surface area contributed by atoms with Crippen molar-refractivity contribution in [3.05, 3.63) is 35.7 Å². The van der Waals surface area contributed by atoms with Crippen LogP contribution >= 0.6 is 0 Å². The molecule has 1 fully saturated rings. The van der Waals surface area contributed by atoms with Crippen LogP contribution < -0.4 is 5.32 Å². The van der Waals surface area contributed by atoms with Gasteiger partial charge < -0.3 is 19.5 Å². The summed E-state index contributed by atoms with van der Waals surface area (Å²) in [5.41, 5.74) is 2.04. The number of amides is 2. The van der Waals surface area contributed by atoms with Crippen molar-refractivity contribution >= 4 is 11.8 Å². The molecular weight excluding hydrogens is 360 g/mol. The summed E-state index contributed by atoms with van der Waals surface area (Å²) in [6.07, 6.45) is 1.77. The largest absolute Gasteiger partial charge is 0.377 e. The predicted octanol–water partition coefficient (Wildman–Crippen LogP) is 1.73. The third-order valence-corrected chi connectivity index (χ3v) is 4.77. The molecule has 0 spiro atoms. The van der Waals surface area contributed by atoms with Crippen molar-refractivity contribution in [1.82, 2.24) is 20.4 Å². The third-order valence-electron chi connectivity index (χ3n) is 4.77. The molecule has 28 heavy (non-hydrogen) atoms. The van der Waals surface area contributed by atoms with E-state index in [0.29, 0.717) is 50.7 Å². The second kappa shape index (κ2) is 9.45. The van der Waals surface area contributed by atoms with Crippen molar-refractivity contribution in [2.45, 2.75) is 38.6 Å². The Hall–Kier alpha value is -2.74. The van der Waals surface area contributed by atoms with E-state index in [0.717, 1.165) is 11.1 Å². The maximum Gasteiger partial charge on any atom is 0.226 e. The third kappa shape index (κ3) is 5.16. The molecule has 0 radical (unpaired) electrons. The lowest BCUT2D eigenvalue weighted by molar-refractivity contribution is -0.141. The lowest BCUT2D eigenvalue weighted by atomic mass is 10.1. The molecule has 1 aliphatic rings. The van der Waals surface area contributed by atoms with Crippen molar-refractivity contribution in [2.24, 2.45) is 0 Å². The van der Waals surface area contributed by atoms with E-state index in [2.05, 4.69) is 15.5 Å². The minimum atomic E-state index is -0.211. The van der Waals surface area contributed by atoms with Gasteiger partial charge in [0, 0.05) is 38.4 Å². The number of aromatic nitrogens is 2. The summed E-state index contributed by atoms with van der Waals surface area (Å²) in [5.74, 6) is 1.01. The van der Waals surface area contributed by atoms with E-state index in [1.54, 1.807) is 11.9 Å². The molecule has 150 valence electrons. The Morgan fingerprint density at radius 3 is 3.00 bits per heavy atom. The molecule has 0 aliphatic carbocycles. The Morgan fingerprint density at radius 2 is 2.21 bits per heavy atom. The maximum atomic E-state index is 12.6. The molecule has 2 aromatic rings. The monoisotopic (exact) mass is 386 g/mol. The van der Waals surface area contributed by atoms with Crippen LogP contribution in [-0.2, 0) is 20.7 Å². The fraction of sp³-hybridized carbons (Fsp3) is 0.500. The zero-order valence-corrected chi connectivity index (χ0v) is 16.3. The van der Waals surface area contributed by atoms with Gasteiger partial charge in [-0.05, 0) is 19.4 Å². The lowest BCUT2D eigenvalue weighted by Crippen LogP contribution is -2.50. The smallest absolute Gasteiger partial charge is 0.226 e. The molecule has 1 N–H and O–H groups in total. The number of aryl methyl sites for hydroxylation is 2. The number of morpholine rings is 1. The summed E-state index contributed by atoms with van der Waals surface area (Å²) in [5, 5.41) is 6.62. The zero-order chi connectivity index (χ0) is 19.9. The molecule has 8 nitrogen and oxygen atoms in total. The molecule has 1 aromatic carbocycles. The highest BCUT2D eigenvalue weighted by Gasteiger charge is 2.28. The molecule has 2 heterocycles. The standard InChI is InChI=1S/C20H26N4O4/c1-14-5-3-6-15(11-14)20-22-18(28-23-20)7-4-8-19(26)24-9-10-27-13-16(24)12-17(25)21-2/h3,5-6,11,16H,4,7-10,12-13H2,1-2H3,(H,21,25). The van der Waals surface area contributed by atoms with Crippen LogP contribution in [0.15, 0.2) is 28.8 Å². The van der Waals surface area contributed by atoms with E-state index in [9.17, 15) is 9.59 Å². The van der Waals surface area contributed by atoms with Gasteiger partial charge in [0.05, 0.1) is 19.3 Å². The number of hydrogen-bond donors (Lipinski definition) is 1. The quantitative estimate of drug-likeness (QED) is 0.778. The van der Waals surface area contributed by atoms with Gasteiger partial charge in [0.1, 0.15) is 0 Å². The highest BCUT2D eigenvalue weighted by atomic mass is 16.5. The molecule has 1 atom stereocenters. The van der Waals surface area contributed by atoms with Crippen LogP contribution in [0.25, 0.3) is 11.4 Å². The highest BCUT2D eigenvalue weighted by Crippen LogP contribution is 2.18. The first kappa shape index (κ1) is 20.0. The average Bonchev–Trinajstić information content (AvgIpc) is 3.17. The summed E-state index contributed by atoms with van der Waals surface area (Å²) in [6, 6.07) is 7.70. The molecule has 0 saturated carbocycles. The van der Waals surface area contributed by atoms with E-state index in [1.165, 1.54) is 0 Å². The van der Waals surface area contributed by atoms with E-state index in [1.807, 2.05) is 31.2 Å². The minimum Gasteiger partial charge on any atom is -0.377 e. The highest BCUT2D eigenvalue weighted by molar-refractivity contribution is 5.79. The van der Waals surface area contributed by atoms with Gasteiger partial charge in [-0.3, -0.25) is 9.59 Å². The second-order valence-corrected chi connectivity index (χ2v) is 6.93. The summed E-state index contributed by atoms with van der Waals surface area (Å²) in [6.45, 7) is 3.42. The average molecular weight is 386 g/mol. The van der Waals surface area contributed by atoms with E-state index in [4.69, 9.17) is 9.26 Å². The Morgan fingerprint density at radius 1 is 1.36 bits per heavy atom. The molecule has 1 saturated heterocycles. The van der Waals surface area contributed by atoms with Gasteiger partial charge in [0.15, 0.2) is 0 Å². The summed E-state index contributed by atoms with van der Waals surface area (Å²) in [4.78, 5) is 30.4. The van der Waals surface area contributed by atoms with Crippen molar-refractivity contribution in [3.8, 4) is 11.4 Å². The van der Waals surface area contributed by atoms with Crippen LogP contribution in [0.1, 0.15) is 30.7 Å². The van der Waals surface area contributed by atoms with Crippen molar-refractivity contribution < 1.29 is 18.8 Å². The normalized spacial score (nSPS) is 16.8. The van der Waals surface area contributed by atoms with E-state index in [-0.39, 0.29) is 24.3 Å². The van der Waals surface area contributed by atoms with E-state index < -0.39 is 0 Å². The van der Waals surface area contributed by atoms with Gasteiger partial charge >= 0.3 is 0 Å². The predicted molar refractivity (Wildman–Crippen MR) is 102 cm³/mol. The molecule has 2 amide bonds. The zero-order valence-electron chi connectivity index (χ0n) is 16.3. The van der Waals surface area contributed by atoms with Gasteiger partial charge in [0.25, 0.3) is 0 Å². The van der Waals surface area contributed by atoms with Gasteiger partial charge in [-0.1, -0.05) is 28.9 Å². The van der Waals surface area contributed by atoms with Crippen LogP contribution in [0.3, 0.4) is 0 Å². The number of nitrogens with one attached hydrogen (secondary N) is 1. The fourth-order valence-electron chi connectivity index (χ4n) is 3.26. The number of benzene rings is 1. The number of carbonyl (C=O) groups is 2. The maximum absolute atomic E-state index is 12.6. The topological polar surface area (TPSA) is 97.6 Å². The number of rotatable bonds is 7. The molecular formula is C20H26N4O4. The van der Waals surface area contributed by atoms with Crippen LogP contribution in [0, 0.1) is 6.92 Å². The Bertz CT molecular complexity index is 820. The van der Waals surface area contributed by atoms with Crippen LogP contribution in [0.4, 0.5) is 0 Å². The number of carbonyl (C=O) groups excluding carboxylic acids is 2. The molecule has 1 unspecified atom stereocenters. The molecule has 1 aliphatic heterocycles. The Kier molecular flexibility index (Phi) is 6.76. The first-order valence-electron chi connectivity index (χ1n) is 9.54. The Labute approximate surface area is 164 Å². The van der Waals surface area contributed by atoms with Crippen LogP contribution in [0.5, 0.6) is 0 Å². The first-order valence-corrected chi connectivity index (χ1v) is 9.54. The summed E-state index contributed by atoms with van der Waals surface area (Å²) < 4.78 is 10.7. The second-order valence-electron chi connectivity index (χ2n) is 6.93. The van der Waals surface area contributed by atoms with Crippen LogP contribution in [0.2, 0.25) is 0 Å². The van der Waals surface area contributed by atoms with Gasteiger partial charge in [-0.25, -0.2) is 0 Å². The number of nitrogens with zero attached hydrogens (tertiary/aromatic N) is 3. The van der Waals surface area contributed by atoms with E-state index >= 15 is 0 Å². The van der Waals surface area contributed by atoms with Crippen LogP contribution in [-0.4, -0.2) is 59.7 Å². The van der Waals surface area contributed by atoms with Crippen molar-refractivity contribution in [1.29, 1.82) is 0 Å². The van der Waals surface area contributed by atoms with Gasteiger partial charge in [-0.2, -0.15) is 4.98 Å². The number of hydrogen-bond acceptors (Lipinski definition) is 6. The Balaban J connectivity index is 1.51.